The minimum atomic E-state index is 0.142. The second-order valence-electron chi connectivity index (χ2n) is 4.23. The highest BCUT2D eigenvalue weighted by molar-refractivity contribution is 5.39. The molecule has 4 heteroatoms. The molecule has 0 spiro atoms. The maximum absolute atomic E-state index is 5.24. The van der Waals surface area contributed by atoms with Gasteiger partial charge in [-0.1, -0.05) is 13.0 Å². The molecule has 1 unspecified atom stereocenters. The van der Waals surface area contributed by atoms with Crippen LogP contribution >= 0.6 is 0 Å². The molecular weight excluding hydrogens is 226 g/mol. The minimum Gasteiger partial charge on any atom is -0.497 e. The lowest BCUT2D eigenvalue weighted by atomic mass is 9.98. The van der Waals surface area contributed by atoms with Gasteiger partial charge >= 0.3 is 0 Å². The molecule has 2 rings (SSSR count). The van der Waals surface area contributed by atoms with E-state index in [1.54, 1.807) is 13.3 Å². The fraction of sp³-hybridized carbons (Fsp3) is 0.357. The molecule has 0 aliphatic rings. The topological polar surface area (TPSA) is 49.9 Å². The van der Waals surface area contributed by atoms with Crippen molar-refractivity contribution < 1.29 is 4.74 Å². The molecule has 0 saturated heterocycles. The van der Waals surface area contributed by atoms with Crippen molar-refractivity contribution in [3.8, 4) is 5.75 Å². The van der Waals surface area contributed by atoms with Gasteiger partial charge in [0.25, 0.3) is 0 Å². The Labute approximate surface area is 107 Å². The SMILES string of the molecule is CCNC(c1ccn[nH]1)c1ccc(OC)cc1C. The quantitative estimate of drug-likeness (QED) is 0.850. The van der Waals surface area contributed by atoms with Gasteiger partial charge in [0.15, 0.2) is 0 Å². The van der Waals surface area contributed by atoms with Gasteiger partial charge in [-0.25, -0.2) is 0 Å². The highest BCUT2D eigenvalue weighted by Gasteiger charge is 2.16. The third kappa shape index (κ3) is 2.54. The second-order valence-corrected chi connectivity index (χ2v) is 4.23. The Morgan fingerprint density at radius 1 is 1.39 bits per heavy atom. The lowest BCUT2D eigenvalue weighted by Crippen LogP contribution is -2.23. The van der Waals surface area contributed by atoms with Crippen molar-refractivity contribution in [1.82, 2.24) is 15.5 Å². The van der Waals surface area contributed by atoms with E-state index in [1.807, 2.05) is 12.1 Å². The van der Waals surface area contributed by atoms with Crippen LogP contribution in [0.15, 0.2) is 30.5 Å². The molecule has 0 saturated carbocycles. The van der Waals surface area contributed by atoms with Crippen molar-refractivity contribution in [2.75, 3.05) is 13.7 Å². The first kappa shape index (κ1) is 12.6. The van der Waals surface area contributed by atoms with Crippen LogP contribution in [0, 0.1) is 6.92 Å². The van der Waals surface area contributed by atoms with Gasteiger partial charge < -0.3 is 10.1 Å². The fourth-order valence-electron chi connectivity index (χ4n) is 2.12. The number of rotatable bonds is 5. The third-order valence-corrected chi connectivity index (χ3v) is 3.03. The Morgan fingerprint density at radius 3 is 2.78 bits per heavy atom. The molecule has 0 aliphatic carbocycles. The number of benzene rings is 1. The number of aromatic nitrogens is 2. The molecule has 96 valence electrons. The van der Waals surface area contributed by atoms with Crippen molar-refractivity contribution in [2.45, 2.75) is 19.9 Å². The molecule has 0 aliphatic heterocycles. The van der Waals surface area contributed by atoms with Crippen LogP contribution in [0.4, 0.5) is 0 Å². The van der Waals surface area contributed by atoms with Crippen LogP contribution in [0.1, 0.15) is 29.8 Å². The second kappa shape index (κ2) is 5.69. The molecule has 0 radical (unpaired) electrons. The summed E-state index contributed by atoms with van der Waals surface area (Å²) in [6, 6.07) is 8.28. The molecule has 2 aromatic rings. The van der Waals surface area contributed by atoms with E-state index in [1.165, 1.54) is 11.1 Å². The zero-order chi connectivity index (χ0) is 13.0. The summed E-state index contributed by atoms with van der Waals surface area (Å²) in [5, 5.41) is 10.5. The van der Waals surface area contributed by atoms with E-state index in [2.05, 4.69) is 41.5 Å². The summed E-state index contributed by atoms with van der Waals surface area (Å²) in [4.78, 5) is 0. The standard InChI is InChI=1S/C14H19N3O/c1-4-15-14(13-7-8-16-17-13)12-6-5-11(18-3)9-10(12)2/h5-9,14-15H,4H2,1-3H3,(H,16,17). The van der Waals surface area contributed by atoms with Crippen molar-refractivity contribution in [3.63, 3.8) is 0 Å². The summed E-state index contributed by atoms with van der Waals surface area (Å²) >= 11 is 0. The highest BCUT2D eigenvalue weighted by Crippen LogP contribution is 2.26. The Kier molecular flexibility index (Phi) is 3.99. The van der Waals surface area contributed by atoms with E-state index in [4.69, 9.17) is 4.74 Å². The van der Waals surface area contributed by atoms with Crippen LogP contribution < -0.4 is 10.1 Å². The maximum atomic E-state index is 5.24. The first-order chi connectivity index (χ1) is 8.76. The van der Waals surface area contributed by atoms with Crippen LogP contribution in [0.5, 0.6) is 5.75 Å². The molecule has 18 heavy (non-hydrogen) atoms. The smallest absolute Gasteiger partial charge is 0.119 e. The van der Waals surface area contributed by atoms with Crippen LogP contribution in [-0.2, 0) is 0 Å². The van der Waals surface area contributed by atoms with Gasteiger partial charge in [0.2, 0.25) is 0 Å². The Bertz CT molecular complexity index is 494. The Balaban J connectivity index is 2.37. The molecule has 0 fully saturated rings. The zero-order valence-corrected chi connectivity index (χ0v) is 11.0. The average molecular weight is 245 g/mol. The van der Waals surface area contributed by atoms with Crippen molar-refractivity contribution in [1.29, 1.82) is 0 Å². The van der Waals surface area contributed by atoms with Crippen LogP contribution in [0.2, 0.25) is 0 Å². The predicted octanol–water partition coefficient (Wildman–Crippen LogP) is 2.43. The largest absolute Gasteiger partial charge is 0.497 e. The van der Waals surface area contributed by atoms with E-state index in [9.17, 15) is 0 Å². The number of hydrogen-bond donors (Lipinski definition) is 2. The van der Waals surface area contributed by atoms with E-state index < -0.39 is 0 Å². The monoisotopic (exact) mass is 245 g/mol. The van der Waals surface area contributed by atoms with Gasteiger partial charge in [-0.15, -0.1) is 0 Å². The summed E-state index contributed by atoms with van der Waals surface area (Å²) in [6.45, 7) is 5.09. The Morgan fingerprint density at radius 2 is 2.22 bits per heavy atom. The first-order valence-corrected chi connectivity index (χ1v) is 6.13. The number of nitrogens with zero attached hydrogens (tertiary/aromatic N) is 1. The zero-order valence-electron chi connectivity index (χ0n) is 11.0. The molecule has 0 bridgehead atoms. The van der Waals surface area contributed by atoms with E-state index >= 15 is 0 Å². The minimum absolute atomic E-state index is 0.142. The van der Waals surface area contributed by atoms with E-state index in [-0.39, 0.29) is 6.04 Å². The van der Waals surface area contributed by atoms with Crippen LogP contribution in [0.25, 0.3) is 0 Å². The number of H-pyrrole nitrogens is 1. The number of nitrogens with one attached hydrogen (secondary N) is 2. The van der Waals surface area contributed by atoms with E-state index in [0.29, 0.717) is 0 Å². The van der Waals surface area contributed by atoms with Gasteiger partial charge in [-0.05, 0) is 42.8 Å². The normalized spacial score (nSPS) is 12.4. The van der Waals surface area contributed by atoms with Gasteiger partial charge in [0.05, 0.1) is 18.8 Å². The number of ether oxygens (including phenoxy) is 1. The number of aromatic amines is 1. The average Bonchev–Trinajstić information content (AvgIpc) is 2.90. The lowest BCUT2D eigenvalue weighted by Gasteiger charge is -2.19. The molecule has 0 amide bonds. The maximum Gasteiger partial charge on any atom is 0.119 e. The summed E-state index contributed by atoms with van der Waals surface area (Å²) in [6.07, 6.45) is 1.78. The van der Waals surface area contributed by atoms with Crippen molar-refractivity contribution >= 4 is 0 Å². The van der Waals surface area contributed by atoms with Gasteiger partial charge in [-0.2, -0.15) is 5.10 Å². The fourth-order valence-corrected chi connectivity index (χ4v) is 2.12. The molecule has 1 heterocycles. The summed E-state index contributed by atoms with van der Waals surface area (Å²) < 4.78 is 5.24. The van der Waals surface area contributed by atoms with Crippen molar-refractivity contribution in [2.24, 2.45) is 0 Å². The van der Waals surface area contributed by atoms with Gasteiger partial charge in [0, 0.05) is 6.20 Å². The molecule has 4 nitrogen and oxygen atoms in total. The third-order valence-electron chi connectivity index (χ3n) is 3.03. The molecule has 1 aromatic heterocycles. The molecule has 1 aromatic carbocycles. The van der Waals surface area contributed by atoms with Gasteiger partial charge in [0.1, 0.15) is 5.75 Å². The van der Waals surface area contributed by atoms with Crippen LogP contribution in [0.3, 0.4) is 0 Å². The Hall–Kier alpha value is -1.81. The summed E-state index contributed by atoms with van der Waals surface area (Å²) in [5.74, 6) is 0.885. The predicted molar refractivity (Wildman–Crippen MR) is 71.8 cm³/mol. The highest BCUT2D eigenvalue weighted by atomic mass is 16.5. The first-order valence-electron chi connectivity index (χ1n) is 6.13. The lowest BCUT2D eigenvalue weighted by molar-refractivity contribution is 0.414. The van der Waals surface area contributed by atoms with Gasteiger partial charge in [-0.3, -0.25) is 5.10 Å². The molecular formula is C14H19N3O. The summed E-state index contributed by atoms with van der Waals surface area (Å²) in [7, 11) is 1.69. The van der Waals surface area contributed by atoms with Crippen LogP contribution in [-0.4, -0.2) is 23.9 Å². The number of hydrogen-bond acceptors (Lipinski definition) is 3. The molecule has 2 N–H and O–H groups in total. The summed E-state index contributed by atoms with van der Waals surface area (Å²) in [5.41, 5.74) is 3.52. The van der Waals surface area contributed by atoms with E-state index in [0.717, 1.165) is 18.0 Å². The number of aryl methyl sites for hydroxylation is 1. The molecule has 1 atom stereocenters. The van der Waals surface area contributed by atoms with Crippen molar-refractivity contribution in [3.05, 3.63) is 47.3 Å². The number of methoxy groups -OCH3 is 1.